The number of aryl methyl sites for hydroxylation is 2. The van der Waals surface area contributed by atoms with Gasteiger partial charge in [-0.1, -0.05) is 67.4 Å². The predicted molar refractivity (Wildman–Crippen MR) is 84.3 cm³/mol. The second kappa shape index (κ2) is 7.04. The molecule has 0 spiro atoms. The maximum Gasteiger partial charge on any atom is 0.167 e. The van der Waals surface area contributed by atoms with Crippen LogP contribution >= 0.6 is 0 Å². The van der Waals surface area contributed by atoms with Crippen molar-refractivity contribution in [1.29, 1.82) is 0 Å². The van der Waals surface area contributed by atoms with E-state index in [2.05, 4.69) is 38.1 Å². The minimum atomic E-state index is 0.191. The van der Waals surface area contributed by atoms with Gasteiger partial charge in [0.25, 0.3) is 0 Å². The van der Waals surface area contributed by atoms with Crippen LogP contribution in [0.4, 0.5) is 0 Å². The average molecular weight is 266 g/mol. The van der Waals surface area contributed by atoms with Crippen LogP contribution in [0.15, 0.2) is 48.5 Å². The van der Waals surface area contributed by atoms with Gasteiger partial charge in [-0.2, -0.15) is 0 Å². The molecule has 1 heteroatoms. The van der Waals surface area contributed by atoms with Crippen LogP contribution in [0.5, 0.6) is 0 Å². The number of hydrogen-bond acceptors (Lipinski definition) is 1. The number of rotatable bonds is 6. The van der Waals surface area contributed by atoms with Crippen molar-refractivity contribution in [2.45, 2.75) is 39.5 Å². The first-order valence-corrected chi connectivity index (χ1v) is 7.36. The van der Waals surface area contributed by atoms with Crippen LogP contribution in [-0.2, 0) is 12.8 Å². The maximum absolute atomic E-state index is 12.2. The second-order valence-electron chi connectivity index (χ2n) is 5.39. The lowest BCUT2D eigenvalue weighted by Gasteiger charge is -2.04. The molecule has 0 aliphatic heterocycles. The Hall–Kier alpha value is -1.89. The molecule has 2 rings (SSSR count). The number of carbonyl (C=O) groups excluding carboxylic acids is 1. The molecular formula is C19H22O. The first-order valence-electron chi connectivity index (χ1n) is 7.36. The summed E-state index contributed by atoms with van der Waals surface area (Å²) in [5, 5.41) is 0. The Morgan fingerprint density at radius 2 is 1.50 bits per heavy atom. The molecular weight excluding hydrogens is 244 g/mol. The molecule has 0 saturated heterocycles. The highest BCUT2D eigenvalue weighted by Crippen LogP contribution is 2.12. The maximum atomic E-state index is 12.2. The smallest absolute Gasteiger partial charge is 0.167 e. The fourth-order valence-corrected chi connectivity index (χ4v) is 2.23. The van der Waals surface area contributed by atoms with E-state index in [-0.39, 0.29) is 5.78 Å². The molecule has 0 heterocycles. The van der Waals surface area contributed by atoms with Crippen LogP contribution in [0.2, 0.25) is 0 Å². The Morgan fingerprint density at radius 1 is 0.900 bits per heavy atom. The Morgan fingerprint density at radius 3 is 2.10 bits per heavy atom. The Labute approximate surface area is 121 Å². The van der Waals surface area contributed by atoms with Gasteiger partial charge >= 0.3 is 0 Å². The summed E-state index contributed by atoms with van der Waals surface area (Å²) < 4.78 is 0. The van der Waals surface area contributed by atoms with Crippen LogP contribution in [0.3, 0.4) is 0 Å². The fourth-order valence-electron chi connectivity index (χ4n) is 2.23. The molecule has 0 radical (unpaired) electrons. The normalized spacial score (nSPS) is 10.5. The molecule has 1 nitrogen and oxygen atoms in total. The van der Waals surface area contributed by atoms with E-state index in [0.29, 0.717) is 6.42 Å². The number of benzene rings is 2. The van der Waals surface area contributed by atoms with E-state index in [1.165, 1.54) is 24.0 Å². The Kier molecular flexibility index (Phi) is 5.11. The summed E-state index contributed by atoms with van der Waals surface area (Å²) in [7, 11) is 0. The third-order valence-corrected chi connectivity index (χ3v) is 3.58. The van der Waals surface area contributed by atoms with E-state index in [0.717, 1.165) is 17.5 Å². The van der Waals surface area contributed by atoms with Crippen LogP contribution in [0.1, 0.15) is 46.8 Å². The predicted octanol–water partition coefficient (Wildman–Crippen LogP) is 4.76. The van der Waals surface area contributed by atoms with Crippen LogP contribution in [0.25, 0.3) is 0 Å². The lowest BCUT2D eigenvalue weighted by atomic mass is 10.00. The zero-order valence-corrected chi connectivity index (χ0v) is 12.4. The molecule has 104 valence electrons. The minimum absolute atomic E-state index is 0.191. The summed E-state index contributed by atoms with van der Waals surface area (Å²) in [4.78, 5) is 12.2. The minimum Gasteiger partial charge on any atom is -0.294 e. The van der Waals surface area contributed by atoms with Crippen molar-refractivity contribution >= 4 is 5.78 Å². The quantitative estimate of drug-likeness (QED) is 0.689. The van der Waals surface area contributed by atoms with Crippen molar-refractivity contribution in [1.82, 2.24) is 0 Å². The van der Waals surface area contributed by atoms with Gasteiger partial charge in [0.2, 0.25) is 0 Å². The number of carbonyl (C=O) groups is 1. The third kappa shape index (κ3) is 4.06. The molecule has 20 heavy (non-hydrogen) atoms. The topological polar surface area (TPSA) is 17.1 Å². The molecule has 0 unspecified atom stereocenters. The van der Waals surface area contributed by atoms with E-state index in [4.69, 9.17) is 0 Å². The Balaban J connectivity index is 2.00. The third-order valence-electron chi connectivity index (χ3n) is 3.58. The Bertz CT molecular complexity index is 549. The van der Waals surface area contributed by atoms with Gasteiger partial charge in [-0.3, -0.25) is 4.79 Å². The summed E-state index contributed by atoms with van der Waals surface area (Å²) in [6.07, 6.45) is 3.99. The molecule has 0 amide bonds. The molecule has 0 N–H and O–H groups in total. The van der Waals surface area contributed by atoms with Crippen LogP contribution in [-0.4, -0.2) is 5.78 Å². The van der Waals surface area contributed by atoms with Crippen molar-refractivity contribution in [3.05, 3.63) is 70.8 Å². The molecule has 2 aromatic carbocycles. The summed E-state index contributed by atoms with van der Waals surface area (Å²) >= 11 is 0. The summed E-state index contributed by atoms with van der Waals surface area (Å²) in [6.45, 7) is 4.25. The van der Waals surface area contributed by atoms with Gasteiger partial charge in [0.1, 0.15) is 0 Å². The van der Waals surface area contributed by atoms with Crippen molar-refractivity contribution in [3.63, 3.8) is 0 Å². The molecule has 0 aliphatic carbocycles. The molecule has 0 saturated carbocycles. The van der Waals surface area contributed by atoms with E-state index >= 15 is 0 Å². The largest absolute Gasteiger partial charge is 0.294 e. The highest BCUT2D eigenvalue weighted by molar-refractivity contribution is 5.97. The van der Waals surface area contributed by atoms with Gasteiger partial charge in [-0.15, -0.1) is 0 Å². The lowest BCUT2D eigenvalue weighted by Crippen LogP contribution is -2.03. The zero-order valence-electron chi connectivity index (χ0n) is 12.4. The molecule has 0 atom stereocenters. The monoisotopic (exact) mass is 266 g/mol. The first-order chi connectivity index (χ1) is 9.69. The first kappa shape index (κ1) is 14.5. The zero-order chi connectivity index (χ0) is 14.4. The summed E-state index contributed by atoms with van der Waals surface area (Å²) in [5.74, 6) is 0.191. The lowest BCUT2D eigenvalue weighted by molar-refractivity contribution is 0.0993. The molecule has 2 aromatic rings. The van der Waals surface area contributed by atoms with Crippen molar-refractivity contribution in [3.8, 4) is 0 Å². The highest BCUT2D eigenvalue weighted by Gasteiger charge is 2.07. The van der Waals surface area contributed by atoms with E-state index in [1.54, 1.807) is 0 Å². The van der Waals surface area contributed by atoms with Crippen molar-refractivity contribution in [2.24, 2.45) is 0 Å². The SMILES string of the molecule is CCCCc1ccc(C(=O)Cc2ccc(C)cc2)cc1. The van der Waals surface area contributed by atoms with Gasteiger partial charge in [-0.05, 0) is 30.9 Å². The highest BCUT2D eigenvalue weighted by atomic mass is 16.1. The van der Waals surface area contributed by atoms with E-state index < -0.39 is 0 Å². The van der Waals surface area contributed by atoms with E-state index in [9.17, 15) is 4.79 Å². The van der Waals surface area contributed by atoms with Gasteiger partial charge in [0.15, 0.2) is 5.78 Å². The second-order valence-corrected chi connectivity index (χ2v) is 5.39. The van der Waals surface area contributed by atoms with Gasteiger partial charge in [0, 0.05) is 12.0 Å². The summed E-state index contributed by atoms with van der Waals surface area (Å²) in [6, 6.07) is 16.2. The van der Waals surface area contributed by atoms with Gasteiger partial charge < -0.3 is 0 Å². The molecule has 0 aromatic heterocycles. The van der Waals surface area contributed by atoms with Gasteiger partial charge in [-0.25, -0.2) is 0 Å². The number of Topliss-reactive ketones (excluding diaryl/α,β-unsaturated/α-hetero) is 1. The van der Waals surface area contributed by atoms with Crippen molar-refractivity contribution < 1.29 is 4.79 Å². The molecule has 0 aliphatic rings. The number of hydrogen-bond donors (Lipinski definition) is 0. The molecule has 0 fully saturated rings. The van der Waals surface area contributed by atoms with E-state index in [1.807, 2.05) is 24.3 Å². The fraction of sp³-hybridized carbons (Fsp3) is 0.316. The van der Waals surface area contributed by atoms with Crippen LogP contribution in [0, 0.1) is 6.92 Å². The standard InChI is InChI=1S/C19H22O/c1-3-4-5-16-10-12-18(13-11-16)19(20)14-17-8-6-15(2)7-9-17/h6-13H,3-5,14H2,1-2H3. The number of unbranched alkanes of at least 4 members (excludes halogenated alkanes) is 1. The van der Waals surface area contributed by atoms with Crippen LogP contribution < -0.4 is 0 Å². The van der Waals surface area contributed by atoms with Gasteiger partial charge in [0.05, 0.1) is 0 Å². The summed E-state index contributed by atoms with van der Waals surface area (Å²) in [5.41, 5.74) is 4.43. The average Bonchev–Trinajstić information content (AvgIpc) is 2.48. The number of ketones is 1. The molecule has 0 bridgehead atoms. The van der Waals surface area contributed by atoms with Crippen molar-refractivity contribution in [2.75, 3.05) is 0 Å².